The Bertz CT molecular complexity index is 1170. The van der Waals surface area contributed by atoms with Gasteiger partial charge in [0, 0.05) is 23.3 Å². The van der Waals surface area contributed by atoms with Crippen LogP contribution in [0.25, 0.3) is 0 Å². The number of carbonyl (C=O) groups excluding carboxylic acids is 3. The molecule has 9 heteroatoms. The summed E-state index contributed by atoms with van der Waals surface area (Å²) < 4.78 is 10.1. The number of amides is 1. The van der Waals surface area contributed by atoms with Crippen LogP contribution in [0.2, 0.25) is 0 Å². The third-order valence-electron chi connectivity index (χ3n) is 4.46. The molecule has 32 heavy (non-hydrogen) atoms. The van der Waals surface area contributed by atoms with Crippen molar-refractivity contribution >= 4 is 29.0 Å². The number of hydrogen-bond acceptors (Lipinski definition) is 7. The van der Waals surface area contributed by atoms with E-state index in [0.717, 1.165) is 6.07 Å². The summed E-state index contributed by atoms with van der Waals surface area (Å²) in [5, 5.41) is 13.5. The van der Waals surface area contributed by atoms with E-state index in [2.05, 4.69) is 5.32 Å². The normalized spacial score (nSPS) is 10.2. The molecule has 0 aromatic heterocycles. The number of non-ortho nitro benzene ring substituents is 1. The fraction of sp³-hybridized carbons (Fsp3) is 0.0870. The first-order chi connectivity index (χ1) is 15.4. The van der Waals surface area contributed by atoms with Crippen LogP contribution in [0.1, 0.15) is 31.1 Å². The Kier molecular flexibility index (Phi) is 6.92. The average molecular weight is 434 g/mol. The van der Waals surface area contributed by atoms with Crippen molar-refractivity contribution in [2.45, 2.75) is 0 Å². The number of hydrogen-bond donors (Lipinski definition) is 1. The molecular formula is C23H18N2O7. The van der Waals surface area contributed by atoms with Crippen molar-refractivity contribution in [1.29, 1.82) is 0 Å². The number of nitro benzene ring substituents is 1. The van der Waals surface area contributed by atoms with Crippen molar-refractivity contribution in [3.05, 3.63) is 99.6 Å². The van der Waals surface area contributed by atoms with E-state index < -0.39 is 29.2 Å². The predicted molar refractivity (Wildman–Crippen MR) is 115 cm³/mol. The molecule has 0 heterocycles. The summed E-state index contributed by atoms with van der Waals surface area (Å²) in [6.07, 6.45) is 0. The Morgan fingerprint density at radius 2 is 1.66 bits per heavy atom. The second-order valence-corrected chi connectivity index (χ2v) is 6.53. The molecule has 0 bridgehead atoms. The number of ketones is 1. The Labute approximate surface area is 182 Å². The van der Waals surface area contributed by atoms with E-state index in [4.69, 9.17) is 9.47 Å². The van der Waals surface area contributed by atoms with E-state index in [1.165, 1.54) is 37.4 Å². The molecule has 3 rings (SSSR count). The van der Waals surface area contributed by atoms with E-state index >= 15 is 0 Å². The zero-order chi connectivity index (χ0) is 23.1. The molecular weight excluding hydrogens is 416 g/mol. The first kappa shape index (κ1) is 22.2. The van der Waals surface area contributed by atoms with Crippen LogP contribution >= 0.6 is 0 Å². The quantitative estimate of drug-likeness (QED) is 0.247. The van der Waals surface area contributed by atoms with Crippen molar-refractivity contribution in [2.75, 3.05) is 19.0 Å². The minimum Gasteiger partial charge on any atom is -0.497 e. The lowest BCUT2D eigenvalue weighted by molar-refractivity contribution is -0.384. The van der Waals surface area contributed by atoms with Crippen LogP contribution in [0.3, 0.4) is 0 Å². The van der Waals surface area contributed by atoms with Crippen molar-refractivity contribution < 1.29 is 28.8 Å². The van der Waals surface area contributed by atoms with Gasteiger partial charge in [-0.1, -0.05) is 24.3 Å². The zero-order valence-corrected chi connectivity index (χ0v) is 16.9. The molecule has 0 atom stereocenters. The molecule has 0 fully saturated rings. The van der Waals surface area contributed by atoms with Gasteiger partial charge in [0.2, 0.25) is 5.78 Å². The molecule has 0 unspecified atom stereocenters. The smallest absolute Gasteiger partial charge is 0.340 e. The van der Waals surface area contributed by atoms with Gasteiger partial charge >= 0.3 is 5.97 Å². The molecule has 9 nitrogen and oxygen atoms in total. The van der Waals surface area contributed by atoms with E-state index in [0.29, 0.717) is 11.3 Å². The van der Waals surface area contributed by atoms with E-state index in [9.17, 15) is 24.5 Å². The van der Waals surface area contributed by atoms with E-state index in [-0.39, 0.29) is 22.5 Å². The maximum absolute atomic E-state index is 12.5. The fourth-order valence-electron chi connectivity index (χ4n) is 2.79. The summed E-state index contributed by atoms with van der Waals surface area (Å²) in [6, 6.07) is 17.7. The third kappa shape index (κ3) is 5.33. The number of esters is 1. The van der Waals surface area contributed by atoms with Gasteiger partial charge in [0.05, 0.1) is 23.3 Å². The average Bonchev–Trinajstić information content (AvgIpc) is 2.82. The maximum atomic E-state index is 12.5. The van der Waals surface area contributed by atoms with Crippen LogP contribution in [0.15, 0.2) is 72.8 Å². The second-order valence-electron chi connectivity index (χ2n) is 6.53. The van der Waals surface area contributed by atoms with Gasteiger partial charge in [0.25, 0.3) is 11.6 Å². The Balaban J connectivity index is 1.68. The second kappa shape index (κ2) is 9.98. The van der Waals surface area contributed by atoms with Gasteiger partial charge in [-0.25, -0.2) is 4.79 Å². The van der Waals surface area contributed by atoms with Crippen molar-refractivity contribution in [3.8, 4) is 5.75 Å². The Morgan fingerprint density at radius 3 is 2.34 bits per heavy atom. The van der Waals surface area contributed by atoms with Gasteiger partial charge in [-0.15, -0.1) is 0 Å². The highest BCUT2D eigenvalue weighted by molar-refractivity contribution is 6.08. The topological polar surface area (TPSA) is 125 Å². The molecule has 1 N–H and O–H groups in total. The standard InChI is InChI=1S/C23H18N2O7/c1-31-18-11-9-15(10-12-18)22(27)24-20-8-3-2-7-19(20)23(28)32-14-21(26)16-5-4-6-17(13-16)25(29)30/h2-13H,14H2,1H3,(H,24,27). The number of nitrogens with zero attached hydrogens (tertiary/aromatic N) is 1. The molecule has 0 saturated carbocycles. The van der Waals surface area contributed by atoms with Crippen molar-refractivity contribution in [3.63, 3.8) is 0 Å². The van der Waals surface area contributed by atoms with Crippen LogP contribution in [-0.4, -0.2) is 36.3 Å². The minimum absolute atomic E-state index is 0.0492. The molecule has 0 spiro atoms. The van der Waals surface area contributed by atoms with Crippen molar-refractivity contribution in [1.82, 2.24) is 0 Å². The Morgan fingerprint density at radius 1 is 0.938 bits per heavy atom. The summed E-state index contributed by atoms with van der Waals surface area (Å²) in [7, 11) is 1.51. The van der Waals surface area contributed by atoms with Crippen LogP contribution in [0.4, 0.5) is 11.4 Å². The number of nitrogens with one attached hydrogen (secondary N) is 1. The number of anilines is 1. The molecule has 0 aliphatic carbocycles. The van der Waals surface area contributed by atoms with Crippen LogP contribution in [0.5, 0.6) is 5.75 Å². The van der Waals surface area contributed by atoms with Crippen LogP contribution in [0, 0.1) is 10.1 Å². The molecule has 1 amide bonds. The SMILES string of the molecule is COc1ccc(C(=O)Nc2ccccc2C(=O)OCC(=O)c2cccc([N+](=O)[O-])c2)cc1. The molecule has 0 aliphatic rings. The van der Waals surface area contributed by atoms with Gasteiger partial charge in [0.1, 0.15) is 5.75 Å². The number of Topliss-reactive ketones (excluding diaryl/α,β-unsaturated/α-hetero) is 1. The number of para-hydroxylation sites is 1. The summed E-state index contributed by atoms with van der Waals surface area (Å²) in [6.45, 7) is -0.610. The first-order valence-electron chi connectivity index (χ1n) is 9.38. The first-order valence-corrected chi connectivity index (χ1v) is 9.38. The molecule has 3 aromatic carbocycles. The predicted octanol–water partition coefficient (Wildman–Crippen LogP) is 3.90. The van der Waals surface area contributed by atoms with Gasteiger partial charge in [-0.05, 0) is 36.4 Å². The highest BCUT2D eigenvalue weighted by atomic mass is 16.6. The lowest BCUT2D eigenvalue weighted by atomic mass is 10.1. The van der Waals surface area contributed by atoms with Gasteiger partial charge in [-0.2, -0.15) is 0 Å². The highest BCUT2D eigenvalue weighted by Gasteiger charge is 2.18. The molecule has 0 saturated heterocycles. The number of benzene rings is 3. The summed E-state index contributed by atoms with van der Waals surface area (Å²) >= 11 is 0. The lowest BCUT2D eigenvalue weighted by Crippen LogP contribution is -2.18. The molecule has 0 aliphatic heterocycles. The fourth-order valence-corrected chi connectivity index (χ4v) is 2.79. The summed E-state index contributed by atoms with van der Waals surface area (Å²) in [5.41, 5.74) is 0.430. The largest absolute Gasteiger partial charge is 0.497 e. The highest BCUT2D eigenvalue weighted by Crippen LogP contribution is 2.19. The molecule has 0 radical (unpaired) electrons. The monoisotopic (exact) mass is 434 g/mol. The number of nitro groups is 1. The number of rotatable bonds is 8. The minimum atomic E-state index is -0.825. The summed E-state index contributed by atoms with van der Waals surface area (Å²) in [5.74, 6) is -1.27. The number of carbonyl (C=O) groups is 3. The zero-order valence-electron chi connectivity index (χ0n) is 16.9. The third-order valence-corrected chi connectivity index (χ3v) is 4.46. The maximum Gasteiger partial charge on any atom is 0.340 e. The number of ether oxygens (including phenoxy) is 2. The van der Waals surface area contributed by atoms with E-state index in [1.54, 1.807) is 36.4 Å². The molecule has 162 valence electrons. The van der Waals surface area contributed by atoms with Gasteiger partial charge in [0.15, 0.2) is 6.61 Å². The lowest BCUT2D eigenvalue weighted by Gasteiger charge is -2.11. The molecule has 3 aromatic rings. The number of methoxy groups -OCH3 is 1. The Hall–Kier alpha value is -4.53. The summed E-state index contributed by atoms with van der Waals surface area (Å²) in [4.78, 5) is 47.6. The van der Waals surface area contributed by atoms with Gasteiger partial charge < -0.3 is 14.8 Å². The van der Waals surface area contributed by atoms with E-state index in [1.807, 2.05) is 0 Å². The van der Waals surface area contributed by atoms with Gasteiger partial charge in [-0.3, -0.25) is 19.7 Å². The van der Waals surface area contributed by atoms with Crippen molar-refractivity contribution in [2.24, 2.45) is 0 Å². The van der Waals surface area contributed by atoms with Crippen LogP contribution < -0.4 is 10.1 Å². The van der Waals surface area contributed by atoms with Crippen LogP contribution in [-0.2, 0) is 4.74 Å².